The zero-order valence-electron chi connectivity index (χ0n) is 9.88. The van der Waals surface area contributed by atoms with Crippen molar-refractivity contribution in [1.82, 2.24) is 20.9 Å². The summed E-state index contributed by atoms with van der Waals surface area (Å²) in [4.78, 5) is 25.0. The largest absolute Gasteiger partial charge is 0.358 e. The molecule has 0 aliphatic carbocycles. The molecule has 0 aromatic carbocycles. The molecule has 0 saturated carbocycles. The molecule has 1 unspecified atom stereocenters. The van der Waals surface area contributed by atoms with Gasteiger partial charge in [0.15, 0.2) is 0 Å². The topological polar surface area (TPSA) is 73.5 Å². The number of hydrogen-bond acceptors (Lipinski definition) is 4. The highest BCUT2D eigenvalue weighted by atomic mass is 16.2. The maximum Gasteiger partial charge on any atom is 0.238 e. The molecule has 6 heteroatoms. The summed E-state index contributed by atoms with van der Waals surface area (Å²) < 4.78 is 0. The van der Waals surface area contributed by atoms with E-state index in [2.05, 4.69) is 16.0 Å². The molecule has 92 valence electrons. The van der Waals surface area contributed by atoms with Crippen LogP contribution in [-0.4, -0.2) is 62.5 Å². The molecule has 0 aromatic rings. The van der Waals surface area contributed by atoms with Crippen molar-refractivity contribution in [1.29, 1.82) is 0 Å². The van der Waals surface area contributed by atoms with Crippen molar-refractivity contribution in [3.63, 3.8) is 0 Å². The molecule has 0 bridgehead atoms. The highest BCUT2D eigenvalue weighted by Gasteiger charge is 2.29. The van der Waals surface area contributed by atoms with Crippen LogP contribution in [0.4, 0.5) is 0 Å². The van der Waals surface area contributed by atoms with Crippen LogP contribution in [-0.2, 0) is 9.59 Å². The summed E-state index contributed by atoms with van der Waals surface area (Å²) >= 11 is 0. The van der Waals surface area contributed by atoms with Gasteiger partial charge >= 0.3 is 0 Å². The molecule has 0 aromatic heterocycles. The summed E-state index contributed by atoms with van der Waals surface area (Å²) in [6.07, 6.45) is 0. The smallest absolute Gasteiger partial charge is 0.238 e. The van der Waals surface area contributed by atoms with Gasteiger partial charge in [-0.15, -0.1) is 0 Å². The van der Waals surface area contributed by atoms with Crippen molar-refractivity contribution in [2.75, 3.05) is 39.8 Å². The molecule has 1 aliphatic rings. The van der Waals surface area contributed by atoms with Gasteiger partial charge in [0, 0.05) is 33.2 Å². The highest BCUT2D eigenvalue weighted by Crippen LogP contribution is 2.02. The van der Waals surface area contributed by atoms with Crippen molar-refractivity contribution in [2.24, 2.45) is 0 Å². The van der Waals surface area contributed by atoms with Crippen LogP contribution in [0.5, 0.6) is 0 Å². The van der Waals surface area contributed by atoms with Crippen LogP contribution in [0.1, 0.15) is 6.92 Å². The number of piperazine rings is 1. The summed E-state index contributed by atoms with van der Waals surface area (Å²) in [5.74, 6) is -0.0743. The van der Waals surface area contributed by atoms with Crippen molar-refractivity contribution >= 4 is 11.8 Å². The SMILES string of the molecule is CCNC(=O)C1CNCCN1CC(=O)NC. The minimum atomic E-state index is -0.244. The Kier molecular flexibility index (Phi) is 5.21. The Labute approximate surface area is 95.8 Å². The molecule has 1 aliphatic heterocycles. The van der Waals surface area contributed by atoms with E-state index < -0.39 is 0 Å². The van der Waals surface area contributed by atoms with Gasteiger partial charge < -0.3 is 16.0 Å². The Morgan fingerprint density at radius 3 is 2.88 bits per heavy atom. The van der Waals surface area contributed by atoms with Crippen LogP contribution in [0, 0.1) is 0 Å². The van der Waals surface area contributed by atoms with E-state index in [0.29, 0.717) is 13.1 Å². The molecule has 1 saturated heterocycles. The molecule has 3 N–H and O–H groups in total. The predicted octanol–water partition coefficient (Wildman–Crippen LogP) is -1.86. The summed E-state index contributed by atoms with van der Waals surface area (Å²) in [6.45, 7) is 4.91. The number of rotatable bonds is 4. The van der Waals surface area contributed by atoms with Crippen LogP contribution in [0.25, 0.3) is 0 Å². The molecular formula is C10H20N4O2. The first kappa shape index (κ1) is 12.9. The van der Waals surface area contributed by atoms with Gasteiger partial charge in [-0.1, -0.05) is 0 Å². The number of amides is 2. The average Bonchev–Trinajstić information content (AvgIpc) is 2.30. The number of carbonyl (C=O) groups is 2. The molecular weight excluding hydrogens is 208 g/mol. The van der Waals surface area contributed by atoms with Crippen LogP contribution >= 0.6 is 0 Å². The predicted molar refractivity (Wildman–Crippen MR) is 61.0 cm³/mol. The van der Waals surface area contributed by atoms with Crippen LogP contribution in [0.2, 0.25) is 0 Å². The quantitative estimate of drug-likeness (QED) is 0.528. The van der Waals surface area contributed by atoms with Gasteiger partial charge in [0.05, 0.1) is 6.54 Å². The molecule has 16 heavy (non-hydrogen) atoms. The second-order valence-corrected chi connectivity index (χ2v) is 3.76. The fourth-order valence-corrected chi connectivity index (χ4v) is 1.75. The molecule has 1 heterocycles. The summed E-state index contributed by atoms with van der Waals surface area (Å²) in [5.41, 5.74) is 0. The third-order valence-corrected chi connectivity index (χ3v) is 2.63. The molecule has 6 nitrogen and oxygen atoms in total. The first-order chi connectivity index (χ1) is 7.69. The Hall–Kier alpha value is -1.14. The summed E-state index contributed by atoms with van der Waals surface area (Å²) in [7, 11) is 1.60. The van der Waals surface area contributed by atoms with E-state index in [1.165, 1.54) is 0 Å². The second kappa shape index (κ2) is 6.44. The van der Waals surface area contributed by atoms with E-state index in [-0.39, 0.29) is 24.4 Å². The average molecular weight is 228 g/mol. The molecule has 0 radical (unpaired) electrons. The molecule has 2 amide bonds. The van der Waals surface area contributed by atoms with Gasteiger partial charge in [-0.25, -0.2) is 0 Å². The van der Waals surface area contributed by atoms with Gasteiger partial charge in [0.2, 0.25) is 11.8 Å². The zero-order valence-corrected chi connectivity index (χ0v) is 9.88. The van der Waals surface area contributed by atoms with Crippen LogP contribution in [0.15, 0.2) is 0 Å². The fourth-order valence-electron chi connectivity index (χ4n) is 1.75. The molecule has 1 atom stereocenters. The zero-order chi connectivity index (χ0) is 12.0. The lowest BCUT2D eigenvalue weighted by molar-refractivity contribution is -0.129. The van der Waals surface area contributed by atoms with E-state index in [0.717, 1.165) is 13.1 Å². The van der Waals surface area contributed by atoms with Crippen molar-refractivity contribution in [3.8, 4) is 0 Å². The lowest BCUT2D eigenvalue weighted by Crippen LogP contribution is -2.59. The Balaban J connectivity index is 2.56. The van der Waals surface area contributed by atoms with Crippen LogP contribution in [0.3, 0.4) is 0 Å². The van der Waals surface area contributed by atoms with Gasteiger partial charge in [-0.2, -0.15) is 0 Å². The number of nitrogens with zero attached hydrogens (tertiary/aromatic N) is 1. The first-order valence-electron chi connectivity index (χ1n) is 5.62. The van der Waals surface area contributed by atoms with E-state index in [9.17, 15) is 9.59 Å². The second-order valence-electron chi connectivity index (χ2n) is 3.76. The van der Waals surface area contributed by atoms with Gasteiger partial charge in [0.1, 0.15) is 6.04 Å². The number of carbonyl (C=O) groups excluding carboxylic acids is 2. The Bertz CT molecular complexity index is 257. The third-order valence-electron chi connectivity index (χ3n) is 2.63. The van der Waals surface area contributed by atoms with E-state index >= 15 is 0 Å². The normalized spacial score (nSPS) is 21.5. The lowest BCUT2D eigenvalue weighted by atomic mass is 10.1. The lowest BCUT2D eigenvalue weighted by Gasteiger charge is -2.34. The fraction of sp³-hybridized carbons (Fsp3) is 0.800. The minimum absolute atomic E-state index is 0.0152. The van der Waals surface area contributed by atoms with E-state index in [4.69, 9.17) is 0 Å². The van der Waals surface area contributed by atoms with E-state index in [1.807, 2.05) is 11.8 Å². The highest BCUT2D eigenvalue weighted by molar-refractivity contribution is 5.83. The molecule has 1 fully saturated rings. The monoisotopic (exact) mass is 228 g/mol. The molecule has 1 rings (SSSR count). The Morgan fingerprint density at radius 1 is 1.50 bits per heavy atom. The maximum atomic E-state index is 11.8. The maximum absolute atomic E-state index is 11.8. The summed E-state index contributed by atoms with van der Waals surface area (Å²) in [5, 5.41) is 8.52. The standard InChI is InChI=1S/C10H20N4O2/c1-3-13-10(16)8-6-12-4-5-14(8)7-9(15)11-2/h8,12H,3-7H2,1-2H3,(H,11,15)(H,13,16). The van der Waals surface area contributed by atoms with Crippen molar-refractivity contribution < 1.29 is 9.59 Å². The van der Waals surface area contributed by atoms with Crippen molar-refractivity contribution in [2.45, 2.75) is 13.0 Å². The first-order valence-corrected chi connectivity index (χ1v) is 5.62. The number of nitrogens with one attached hydrogen (secondary N) is 3. The van der Waals surface area contributed by atoms with Gasteiger partial charge in [-0.3, -0.25) is 14.5 Å². The van der Waals surface area contributed by atoms with Crippen LogP contribution < -0.4 is 16.0 Å². The van der Waals surface area contributed by atoms with E-state index in [1.54, 1.807) is 7.05 Å². The molecule has 0 spiro atoms. The third kappa shape index (κ3) is 3.46. The summed E-state index contributed by atoms with van der Waals surface area (Å²) in [6, 6.07) is -0.244. The van der Waals surface area contributed by atoms with Gasteiger partial charge in [-0.05, 0) is 6.92 Å². The Morgan fingerprint density at radius 2 is 2.25 bits per heavy atom. The number of hydrogen-bond donors (Lipinski definition) is 3. The minimum Gasteiger partial charge on any atom is -0.358 e. The van der Waals surface area contributed by atoms with Gasteiger partial charge in [0.25, 0.3) is 0 Å². The van der Waals surface area contributed by atoms with Crippen molar-refractivity contribution in [3.05, 3.63) is 0 Å². The number of likely N-dealkylation sites (N-methyl/N-ethyl adjacent to an activating group) is 2.